The first kappa shape index (κ1) is 18.2. The van der Waals surface area contributed by atoms with E-state index >= 15 is 0 Å². The molecule has 0 fully saturated rings. The zero-order valence-corrected chi connectivity index (χ0v) is 16.0. The number of nitrogens with one attached hydrogen (secondary N) is 2. The zero-order chi connectivity index (χ0) is 19.3. The third kappa shape index (κ3) is 4.19. The van der Waals surface area contributed by atoms with E-state index < -0.39 is 0 Å². The minimum absolute atomic E-state index is 0.175. The van der Waals surface area contributed by atoms with Gasteiger partial charge in [0.15, 0.2) is 5.82 Å². The molecule has 1 aliphatic heterocycles. The van der Waals surface area contributed by atoms with Gasteiger partial charge in [-0.05, 0) is 44.0 Å². The van der Waals surface area contributed by atoms with E-state index in [1.807, 2.05) is 37.3 Å². The van der Waals surface area contributed by atoms with Gasteiger partial charge < -0.3 is 15.2 Å². The molecule has 0 aliphatic carbocycles. The molecule has 7 heteroatoms. The highest BCUT2D eigenvalue weighted by Gasteiger charge is 2.14. The molecular weight excluding hydrogens is 352 g/mol. The highest BCUT2D eigenvalue weighted by Crippen LogP contribution is 2.16. The first-order chi connectivity index (χ1) is 13.7. The predicted molar refractivity (Wildman–Crippen MR) is 108 cm³/mol. The summed E-state index contributed by atoms with van der Waals surface area (Å²) in [5.41, 5.74) is 2.44. The molecule has 1 aliphatic rings. The summed E-state index contributed by atoms with van der Waals surface area (Å²) in [6, 6.07) is 11.3. The number of carbonyl (C=O) groups is 1. The maximum atomic E-state index is 12.4. The van der Waals surface area contributed by atoms with E-state index in [4.69, 9.17) is 0 Å². The van der Waals surface area contributed by atoms with Crippen LogP contribution in [0, 0.1) is 6.92 Å². The van der Waals surface area contributed by atoms with Gasteiger partial charge >= 0.3 is 0 Å². The van der Waals surface area contributed by atoms with Crippen LogP contribution in [-0.2, 0) is 19.5 Å². The number of anilines is 2. The van der Waals surface area contributed by atoms with Crippen LogP contribution in [0.1, 0.15) is 46.8 Å². The summed E-state index contributed by atoms with van der Waals surface area (Å²) < 4.78 is 2.21. The molecule has 3 aromatic rings. The van der Waals surface area contributed by atoms with Gasteiger partial charge in [-0.25, -0.2) is 4.98 Å². The molecule has 7 nitrogen and oxygen atoms in total. The molecule has 3 heterocycles. The van der Waals surface area contributed by atoms with E-state index in [1.54, 1.807) is 12.3 Å². The molecule has 2 N–H and O–H groups in total. The van der Waals surface area contributed by atoms with Crippen molar-refractivity contribution in [3.8, 4) is 0 Å². The largest absolute Gasteiger partial charge is 0.363 e. The summed E-state index contributed by atoms with van der Waals surface area (Å²) in [5, 5.41) is 14.8. The number of hydrogen-bond donors (Lipinski definition) is 2. The van der Waals surface area contributed by atoms with Gasteiger partial charge in [0, 0.05) is 24.8 Å². The number of aromatic nitrogens is 4. The molecule has 28 heavy (non-hydrogen) atoms. The van der Waals surface area contributed by atoms with E-state index in [-0.39, 0.29) is 5.91 Å². The van der Waals surface area contributed by atoms with Crippen LogP contribution in [0.2, 0.25) is 0 Å². The van der Waals surface area contributed by atoms with E-state index in [0.29, 0.717) is 17.9 Å². The lowest BCUT2D eigenvalue weighted by atomic mass is 10.2. The Balaban J connectivity index is 1.36. The standard InChI is InChI=1S/C21H24N6O/c1-15-6-9-17(10-7-15)24-21(28)16-8-11-18(22-13-16)23-14-20-26-25-19-5-3-2-4-12-27(19)20/h6-11,13H,2-5,12,14H2,1H3,(H,22,23)(H,24,28). The Morgan fingerprint density at radius 2 is 1.93 bits per heavy atom. The molecular formula is C21H24N6O. The molecule has 4 rings (SSSR count). The number of fused-ring (bicyclic) bond motifs is 1. The molecule has 0 saturated heterocycles. The van der Waals surface area contributed by atoms with Gasteiger partial charge in [0.25, 0.3) is 5.91 Å². The number of aryl methyl sites for hydroxylation is 2. The van der Waals surface area contributed by atoms with Gasteiger partial charge in [-0.15, -0.1) is 10.2 Å². The van der Waals surface area contributed by atoms with Crippen LogP contribution >= 0.6 is 0 Å². The van der Waals surface area contributed by atoms with Crippen LogP contribution in [-0.4, -0.2) is 25.7 Å². The molecule has 0 unspecified atom stereocenters. The summed E-state index contributed by atoms with van der Waals surface area (Å²) >= 11 is 0. The van der Waals surface area contributed by atoms with Crippen molar-refractivity contribution in [3.05, 3.63) is 65.4 Å². The first-order valence-corrected chi connectivity index (χ1v) is 9.68. The Hall–Kier alpha value is -3.22. The van der Waals surface area contributed by atoms with Crippen molar-refractivity contribution in [1.29, 1.82) is 0 Å². The molecule has 0 radical (unpaired) electrons. The van der Waals surface area contributed by atoms with Gasteiger partial charge in [-0.3, -0.25) is 4.79 Å². The average molecular weight is 376 g/mol. The summed E-state index contributed by atoms with van der Waals surface area (Å²) in [6.07, 6.45) is 6.16. The van der Waals surface area contributed by atoms with Gasteiger partial charge in [0.1, 0.15) is 11.6 Å². The fourth-order valence-corrected chi connectivity index (χ4v) is 3.32. The molecule has 0 spiro atoms. The van der Waals surface area contributed by atoms with Crippen molar-refractivity contribution < 1.29 is 4.79 Å². The monoisotopic (exact) mass is 376 g/mol. The summed E-state index contributed by atoms with van der Waals surface area (Å²) in [6.45, 7) is 3.55. The molecule has 1 amide bonds. The van der Waals surface area contributed by atoms with Crippen LogP contribution in [0.15, 0.2) is 42.6 Å². The number of amides is 1. The Kier molecular flexibility index (Phi) is 5.32. The van der Waals surface area contributed by atoms with E-state index in [9.17, 15) is 4.79 Å². The number of rotatable bonds is 5. The molecule has 0 atom stereocenters. The van der Waals surface area contributed by atoms with Crippen LogP contribution in [0.4, 0.5) is 11.5 Å². The number of benzene rings is 1. The van der Waals surface area contributed by atoms with Gasteiger partial charge in [0.05, 0.1) is 12.1 Å². The summed E-state index contributed by atoms with van der Waals surface area (Å²) in [4.78, 5) is 16.7. The fourth-order valence-electron chi connectivity index (χ4n) is 3.32. The fraction of sp³-hybridized carbons (Fsp3) is 0.333. The van der Waals surface area contributed by atoms with Gasteiger partial charge in [0.2, 0.25) is 0 Å². The molecule has 0 bridgehead atoms. The second-order valence-corrected chi connectivity index (χ2v) is 7.10. The zero-order valence-electron chi connectivity index (χ0n) is 16.0. The second-order valence-electron chi connectivity index (χ2n) is 7.10. The summed E-state index contributed by atoms with van der Waals surface area (Å²) in [7, 11) is 0. The highest BCUT2D eigenvalue weighted by atomic mass is 16.1. The Morgan fingerprint density at radius 3 is 2.71 bits per heavy atom. The minimum Gasteiger partial charge on any atom is -0.363 e. The van der Waals surface area contributed by atoms with E-state index in [1.165, 1.54) is 19.3 Å². The van der Waals surface area contributed by atoms with Crippen molar-refractivity contribution in [2.24, 2.45) is 0 Å². The minimum atomic E-state index is -0.175. The Labute approximate surface area is 164 Å². The maximum Gasteiger partial charge on any atom is 0.257 e. The van der Waals surface area contributed by atoms with Crippen LogP contribution < -0.4 is 10.6 Å². The van der Waals surface area contributed by atoms with Crippen molar-refractivity contribution in [3.63, 3.8) is 0 Å². The molecule has 0 saturated carbocycles. The van der Waals surface area contributed by atoms with Crippen molar-refractivity contribution in [2.75, 3.05) is 10.6 Å². The van der Waals surface area contributed by atoms with Crippen LogP contribution in [0.5, 0.6) is 0 Å². The van der Waals surface area contributed by atoms with Gasteiger partial charge in [-0.2, -0.15) is 0 Å². The Morgan fingerprint density at radius 1 is 1.07 bits per heavy atom. The number of nitrogens with zero attached hydrogens (tertiary/aromatic N) is 4. The second kappa shape index (κ2) is 8.21. The smallest absolute Gasteiger partial charge is 0.257 e. The molecule has 144 valence electrons. The quantitative estimate of drug-likeness (QED) is 0.711. The highest BCUT2D eigenvalue weighted by molar-refractivity contribution is 6.04. The third-order valence-electron chi connectivity index (χ3n) is 4.95. The average Bonchev–Trinajstić information content (AvgIpc) is 2.94. The predicted octanol–water partition coefficient (Wildman–Crippen LogP) is 3.57. The van der Waals surface area contributed by atoms with Crippen LogP contribution in [0.3, 0.4) is 0 Å². The maximum absolute atomic E-state index is 12.4. The number of pyridine rings is 1. The summed E-state index contributed by atoms with van der Waals surface area (Å²) in [5.74, 6) is 2.54. The SMILES string of the molecule is Cc1ccc(NC(=O)c2ccc(NCc3nnc4n3CCCCC4)nc2)cc1. The lowest BCUT2D eigenvalue weighted by Gasteiger charge is -2.09. The number of carbonyl (C=O) groups excluding carboxylic acids is 1. The van der Waals surface area contributed by atoms with E-state index in [0.717, 1.165) is 35.9 Å². The molecule has 1 aromatic carbocycles. The lowest BCUT2D eigenvalue weighted by molar-refractivity contribution is 0.102. The van der Waals surface area contributed by atoms with Crippen molar-refractivity contribution in [2.45, 2.75) is 45.7 Å². The van der Waals surface area contributed by atoms with E-state index in [2.05, 4.69) is 30.4 Å². The third-order valence-corrected chi connectivity index (χ3v) is 4.95. The first-order valence-electron chi connectivity index (χ1n) is 9.68. The number of hydrogen-bond acceptors (Lipinski definition) is 5. The topological polar surface area (TPSA) is 84.7 Å². The van der Waals surface area contributed by atoms with Crippen molar-refractivity contribution >= 4 is 17.4 Å². The molecule has 2 aromatic heterocycles. The Bertz CT molecular complexity index is 946. The van der Waals surface area contributed by atoms with Gasteiger partial charge in [-0.1, -0.05) is 24.1 Å². The normalized spacial score (nSPS) is 13.5. The van der Waals surface area contributed by atoms with Crippen molar-refractivity contribution in [1.82, 2.24) is 19.7 Å². The lowest BCUT2D eigenvalue weighted by Crippen LogP contribution is -2.13. The van der Waals surface area contributed by atoms with Crippen LogP contribution in [0.25, 0.3) is 0 Å².